The molecule has 0 aromatic carbocycles. The average Bonchev–Trinajstić information content (AvgIpc) is 2.40. The average molecular weight is 288 g/mol. The van der Waals surface area contributed by atoms with Crippen molar-refractivity contribution in [2.75, 3.05) is 25.4 Å². The maximum Gasteiger partial charge on any atom is 0.211 e. The standard InChI is InChI=1S/C14H28N2O2S/c17-19(18,12-14-5-2-1-3-6-14)16-10-8-13-7-4-9-15-11-13/h13-16H,1-12H2. The summed E-state index contributed by atoms with van der Waals surface area (Å²) in [5.41, 5.74) is 0. The van der Waals surface area contributed by atoms with Gasteiger partial charge in [-0.05, 0) is 57.0 Å². The Morgan fingerprint density at radius 2 is 1.74 bits per heavy atom. The molecule has 0 spiro atoms. The Morgan fingerprint density at radius 1 is 1.00 bits per heavy atom. The maximum atomic E-state index is 12.0. The summed E-state index contributed by atoms with van der Waals surface area (Å²) >= 11 is 0. The van der Waals surface area contributed by atoms with Crippen LogP contribution in [0.3, 0.4) is 0 Å². The number of hydrogen-bond donors (Lipinski definition) is 2. The lowest BCUT2D eigenvalue weighted by molar-refractivity contribution is 0.357. The molecule has 4 nitrogen and oxygen atoms in total. The Bertz CT molecular complexity index is 344. The van der Waals surface area contributed by atoms with Crippen LogP contribution < -0.4 is 10.0 Å². The van der Waals surface area contributed by atoms with E-state index in [2.05, 4.69) is 10.0 Å². The monoisotopic (exact) mass is 288 g/mol. The minimum Gasteiger partial charge on any atom is -0.316 e. The van der Waals surface area contributed by atoms with E-state index in [9.17, 15) is 8.42 Å². The van der Waals surface area contributed by atoms with Gasteiger partial charge in [0.1, 0.15) is 0 Å². The number of nitrogens with one attached hydrogen (secondary N) is 2. The number of piperidine rings is 1. The van der Waals surface area contributed by atoms with Crippen molar-refractivity contribution in [3.63, 3.8) is 0 Å². The molecule has 19 heavy (non-hydrogen) atoms. The van der Waals surface area contributed by atoms with E-state index in [0.717, 1.165) is 32.4 Å². The Balaban J connectivity index is 1.65. The topological polar surface area (TPSA) is 58.2 Å². The Kier molecular flexibility index (Phi) is 6.10. The number of sulfonamides is 1. The lowest BCUT2D eigenvalue weighted by atomic mass is 9.91. The molecule has 0 radical (unpaired) electrons. The molecule has 1 saturated heterocycles. The first kappa shape index (κ1) is 15.3. The van der Waals surface area contributed by atoms with Crippen LogP contribution in [-0.2, 0) is 10.0 Å². The smallest absolute Gasteiger partial charge is 0.211 e. The van der Waals surface area contributed by atoms with Crippen LogP contribution in [0.2, 0.25) is 0 Å². The van der Waals surface area contributed by atoms with E-state index in [4.69, 9.17) is 0 Å². The van der Waals surface area contributed by atoms with Gasteiger partial charge < -0.3 is 5.32 Å². The van der Waals surface area contributed by atoms with E-state index in [1.165, 1.54) is 32.1 Å². The molecule has 0 amide bonds. The van der Waals surface area contributed by atoms with Crippen LogP contribution in [0.1, 0.15) is 51.4 Å². The van der Waals surface area contributed by atoms with Crippen molar-refractivity contribution in [2.24, 2.45) is 11.8 Å². The zero-order valence-electron chi connectivity index (χ0n) is 11.9. The first-order chi connectivity index (χ1) is 9.16. The van der Waals surface area contributed by atoms with Crippen LogP contribution in [0.4, 0.5) is 0 Å². The molecule has 2 N–H and O–H groups in total. The summed E-state index contributed by atoms with van der Waals surface area (Å²) in [6.45, 7) is 2.77. The molecule has 1 atom stereocenters. The third kappa shape index (κ3) is 5.79. The van der Waals surface area contributed by atoms with Crippen molar-refractivity contribution < 1.29 is 8.42 Å². The van der Waals surface area contributed by atoms with Crippen LogP contribution in [0.25, 0.3) is 0 Å². The minimum absolute atomic E-state index is 0.343. The molecule has 1 aliphatic heterocycles. The minimum atomic E-state index is -3.05. The molecule has 1 aliphatic carbocycles. The second kappa shape index (κ2) is 7.60. The van der Waals surface area contributed by atoms with Crippen LogP contribution in [0, 0.1) is 11.8 Å². The van der Waals surface area contributed by atoms with E-state index >= 15 is 0 Å². The van der Waals surface area contributed by atoms with Crippen LogP contribution in [-0.4, -0.2) is 33.8 Å². The van der Waals surface area contributed by atoms with Gasteiger partial charge >= 0.3 is 0 Å². The first-order valence-corrected chi connectivity index (χ1v) is 9.49. The third-order valence-electron chi connectivity index (χ3n) is 4.45. The molecule has 1 unspecified atom stereocenters. The largest absolute Gasteiger partial charge is 0.316 e. The molecule has 0 aromatic heterocycles. The molecule has 0 bridgehead atoms. The summed E-state index contributed by atoms with van der Waals surface area (Å²) in [6.07, 6.45) is 9.29. The summed E-state index contributed by atoms with van der Waals surface area (Å²) in [5.74, 6) is 1.38. The fourth-order valence-corrected chi connectivity index (χ4v) is 4.81. The summed E-state index contributed by atoms with van der Waals surface area (Å²) < 4.78 is 26.8. The predicted octanol–water partition coefficient (Wildman–Crippen LogP) is 1.88. The molecular weight excluding hydrogens is 260 g/mol. The van der Waals surface area contributed by atoms with Crippen molar-refractivity contribution in [1.29, 1.82) is 0 Å². The highest BCUT2D eigenvalue weighted by Gasteiger charge is 2.21. The molecule has 5 heteroatoms. The van der Waals surface area contributed by atoms with Crippen LogP contribution >= 0.6 is 0 Å². The second-order valence-electron chi connectivity index (χ2n) is 6.18. The molecule has 112 valence electrons. The zero-order valence-corrected chi connectivity index (χ0v) is 12.7. The van der Waals surface area contributed by atoms with Crippen molar-refractivity contribution in [1.82, 2.24) is 10.0 Å². The maximum absolute atomic E-state index is 12.0. The molecular formula is C14H28N2O2S. The fourth-order valence-electron chi connectivity index (χ4n) is 3.31. The Hall–Kier alpha value is -0.130. The van der Waals surface area contributed by atoms with E-state index in [1.54, 1.807) is 0 Å². The second-order valence-corrected chi connectivity index (χ2v) is 8.03. The van der Waals surface area contributed by atoms with Gasteiger partial charge in [0.05, 0.1) is 5.75 Å². The first-order valence-electron chi connectivity index (χ1n) is 7.84. The molecule has 0 aromatic rings. The van der Waals surface area contributed by atoms with Gasteiger partial charge in [-0.15, -0.1) is 0 Å². The number of rotatable bonds is 6. The van der Waals surface area contributed by atoms with Crippen LogP contribution in [0.15, 0.2) is 0 Å². The van der Waals surface area contributed by atoms with E-state index in [1.807, 2.05) is 0 Å². The highest BCUT2D eigenvalue weighted by atomic mass is 32.2. The van der Waals surface area contributed by atoms with Crippen LogP contribution in [0.5, 0.6) is 0 Å². The van der Waals surface area contributed by atoms with E-state index < -0.39 is 10.0 Å². The summed E-state index contributed by atoms with van der Waals surface area (Å²) in [5, 5.41) is 3.37. The van der Waals surface area contributed by atoms with E-state index in [0.29, 0.717) is 24.1 Å². The fraction of sp³-hybridized carbons (Fsp3) is 1.00. The normalized spacial score (nSPS) is 26.4. The van der Waals surface area contributed by atoms with Gasteiger partial charge in [-0.3, -0.25) is 0 Å². The highest BCUT2D eigenvalue weighted by molar-refractivity contribution is 7.89. The van der Waals surface area contributed by atoms with Crippen molar-refractivity contribution in [3.8, 4) is 0 Å². The third-order valence-corrected chi connectivity index (χ3v) is 6.01. The molecule has 1 saturated carbocycles. The predicted molar refractivity (Wildman–Crippen MR) is 78.6 cm³/mol. The van der Waals surface area contributed by atoms with Crippen molar-refractivity contribution in [2.45, 2.75) is 51.4 Å². The SMILES string of the molecule is O=S(=O)(CC1CCCCC1)NCCC1CCCNC1. The lowest BCUT2D eigenvalue weighted by Crippen LogP contribution is -2.35. The summed E-state index contributed by atoms with van der Waals surface area (Å²) in [7, 11) is -3.05. The molecule has 1 heterocycles. The van der Waals surface area contributed by atoms with Gasteiger partial charge in [0.25, 0.3) is 0 Å². The molecule has 2 aliphatic rings. The number of hydrogen-bond acceptors (Lipinski definition) is 3. The van der Waals surface area contributed by atoms with Crippen molar-refractivity contribution in [3.05, 3.63) is 0 Å². The highest BCUT2D eigenvalue weighted by Crippen LogP contribution is 2.24. The molecule has 2 rings (SSSR count). The zero-order chi connectivity index (χ0) is 13.6. The summed E-state index contributed by atoms with van der Waals surface area (Å²) in [6, 6.07) is 0. The quantitative estimate of drug-likeness (QED) is 0.784. The van der Waals surface area contributed by atoms with Gasteiger partial charge in [-0.25, -0.2) is 13.1 Å². The van der Waals surface area contributed by atoms with Gasteiger partial charge in [-0.2, -0.15) is 0 Å². The van der Waals surface area contributed by atoms with Gasteiger partial charge in [0.2, 0.25) is 10.0 Å². The van der Waals surface area contributed by atoms with Gasteiger partial charge in [0.15, 0.2) is 0 Å². The van der Waals surface area contributed by atoms with Gasteiger partial charge in [-0.1, -0.05) is 19.3 Å². The molecule has 2 fully saturated rings. The lowest BCUT2D eigenvalue weighted by Gasteiger charge is -2.23. The Labute approximate surface area is 117 Å². The Morgan fingerprint density at radius 3 is 2.42 bits per heavy atom. The van der Waals surface area contributed by atoms with Gasteiger partial charge in [0, 0.05) is 6.54 Å². The van der Waals surface area contributed by atoms with E-state index in [-0.39, 0.29) is 0 Å². The van der Waals surface area contributed by atoms with Crippen molar-refractivity contribution >= 4 is 10.0 Å². The summed E-state index contributed by atoms with van der Waals surface area (Å²) in [4.78, 5) is 0.